The molecule has 21 heavy (non-hydrogen) atoms. The van der Waals surface area contributed by atoms with E-state index in [1.807, 2.05) is 25.1 Å². The molecule has 0 aliphatic carbocycles. The summed E-state index contributed by atoms with van der Waals surface area (Å²) in [7, 11) is 0. The summed E-state index contributed by atoms with van der Waals surface area (Å²) in [5.74, 6) is -0.127. The number of rotatable bonds is 5. The van der Waals surface area contributed by atoms with Crippen LogP contribution in [0.1, 0.15) is 40.5 Å². The van der Waals surface area contributed by atoms with Crippen LogP contribution in [0.5, 0.6) is 0 Å². The molecule has 1 amide bonds. The maximum Gasteiger partial charge on any atom is 0.251 e. The summed E-state index contributed by atoms with van der Waals surface area (Å²) in [6.45, 7) is 4.61. The monoisotopic (exact) mass is 302 g/mol. The number of amides is 1. The van der Waals surface area contributed by atoms with E-state index in [0.29, 0.717) is 17.3 Å². The molecule has 1 N–H and O–H groups in total. The van der Waals surface area contributed by atoms with Gasteiger partial charge in [-0.15, -0.1) is 0 Å². The van der Waals surface area contributed by atoms with Crippen molar-refractivity contribution in [2.45, 2.75) is 33.2 Å². The van der Waals surface area contributed by atoms with Crippen molar-refractivity contribution in [2.24, 2.45) is 0 Å². The zero-order valence-corrected chi connectivity index (χ0v) is 13.1. The lowest BCUT2D eigenvalue weighted by molar-refractivity contribution is 0.0950. The molecule has 0 aliphatic rings. The second kappa shape index (κ2) is 7.23. The van der Waals surface area contributed by atoms with Crippen LogP contribution in [0, 0.1) is 6.92 Å². The van der Waals surface area contributed by atoms with Crippen molar-refractivity contribution < 1.29 is 4.79 Å². The Labute approximate surface area is 130 Å². The summed E-state index contributed by atoms with van der Waals surface area (Å²) >= 11 is 5.98. The number of nitrogens with one attached hydrogen (secondary N) is 1. The number of benzene rings is 1. The van der Waals surface area contributed by atoms with Gasteiger partial charge in [-0.05, 0) is 31.0 Å². The summed E-state index contributed by atoms with van der Waals surface area (Å²) in [6, 6.07) is 11.5. The van der Waals surface area contributed by atoms with Gasteiger partial charge in [-0.25, -0.2) is 4.98 Å². The molecule has 0 fully saturated rings. The average Bonchev–Trinajstić information content (AvgIpc) is 2.44. The van der Waals surface area contributed by atoms with Crippen molar-refractivity contribution >= 4 is 17.5 Å². The second-order valence-corrected chi connectivity index (χ2v) is 5.48. The number of carbonyl (C=O) groups is 1. The van der Waals surface area contributed by atoms with E-state index in [9.17, 15) is 4.79 Å². The summed E-state index contributed by atoms with van der Waals surface area (Å²) in [5, 5.41) is 3.28. The van der Waals surface area contributed by atoms with E-state index in [2.05, 4.69) is 23.3 Å². The quantitative estimate of drug-likeness (QED) is 0.850. The Morgan fingerprint density at radius 2 is 2.10 bits per heavy atom. The Bertz CT molecular complexity index is 640. The molecular formula is C17H19ClN2O. The number of aromatic nitrogens is 1. The standard InChI is InChI=1S/C17H19ClN2O/c1-3-5-15-9-14(10-16(18)20-15)17(21)19-11-13-7-4-6-12(2)8-13/h4,6-10H,3,5,11H2,1-2H3,(H,19,21). The van der Waals surface area contributed by atoms with E-state index < -0.39 is 0 Å². The molecule has 0 radical (unpaired) electrons. The van der Waals surface area contributed by atoms with E-state index in [1.165, 1.54) is 5.56 Å². The van der Waals surface area contributed by atoms with Crippen LogP contribution in [-0.4, -0.2) is 10.9 Å². The zero-order valence-electron chi connectivity index (χ0n) is 12.3. The highest BCUT2D eigenvalue weighted by Crippen LogP contribution is 2.13. The molecule has 2 aromatic rings. The summed E-state index contributed by atoms with van der Waals surface area (Å²) in [6.07, 6.45) is 1.79. The van der Waals surface area contributed by atoms with Gasteiger partial charge in [0.05, 0.1) is 0 Å². The van der Waals surface area contributed by atoms with Gasteiger partial charge in [0.1, 0.15) is 5.15 Å². The van der Waals surface area contributed by atoms with Crippen LogP contribution < -0.4 is 5.32 Å². The normalized spacial score (nSPS) is 10.4. The van der Waals surface area contributed by atoms with E-state index in [-0.39, 0.29) is 5.91 Å². The third-order valence-electron chi connectivity index (χ3n) is 3.15. The first-order chi connectivity index (χ1) is 10.1. The van der Waals surface area contributed by atoms with E-state index >= 15 is 0 Å². The third kappa shape index (κ3) is 4.57. The third-order valence-corrected chi connectivity index (χ3v) is 3.34. The lowest BCUT2D eigenvalue weighted by atomic mass is 10.1. The molecule has 0 saturated heterocycles. The van der Waals surface area contributed by atoms with Gasteiger partial charge in [-0.1, -0.05) is 54.8 Å². The number of pyridine rings is 1. The molecule has 0 aliphatic heterocycles. The molecule has 1 aromatic heterocycles. The van der Waals surface area contributed by atoms with Gasteiger partial charge < -0.3 is 5.32 Å². The van der Waals surface area contributed by atoms with Crippen molar-refractivity contribution in [3.8, 4) is 0 Å². The Kier molecular flexibility index (Phi) is 5.34. The molecule has 0 unspecified atom stereocenters. The highest BCUT2D eigenvalue weighted by atomic mass is 35.5. The van der Waals surface area contributed by atoms with Crippen molar-refractivity contribution in [3.63, 3.8) is 0 Å². The SMILES string of the molecule is CCCc1cc(C(=O)NCc2cccc(C)c2)cc(Cl)n1. The van der Waals surface area contributed by atoms with Crippen LogP contribution in [0.4, 0.5) is 0 Å². The number of halogens is 1. The number of nitrogens with zero attached hydrogens (tertiary/aromatic N) is 1. The van der Waals surface area contributed by atoms with E-state index in [4.69, 9.17) is 11.6 Å². The predicted molar refractivity (Wildman–Crippen MR) is 85.6 cm³/mol. The minimum atomic E-state index is -0.127. The van der Waals surface area contributed by atoms with E-state index in [1.54, 1.807) is 12.1 Å². The van der Waals surface area contributed by atoms with Crippen LogP contribution in [0.2, 0.25) is 5.15 Å². The van der Waals surface area contributed by atoms with Gasteiger partial charge in [0.15, 0.2) is 0 Å². The van der Waals surface area contributed by atoms with Gasteiger partial charge >= 0.3 is 0 Å². The molecule has 3 nitrogen and oxygen atoms in total. The molecule has 0 atom stereocenters. The van der Waals surface area contributed by atoms with Crippen LogP contribution >= 0.6 is 11.6 Å². The Morgan fingerprint density at radius 3 is 2.81 bits per heavy atom. The van der Waals surface area contributed by atoms with Crippen molar-refractivity contribution in [3.05, 3.63) is 63.9 Å². The van der Waals surface area contributed by atoms with Gasteiger partial charge in [-0.2, -0.15) is 0 Å². The lowest BCUT2D eigenvalue weighted by Crippen LogP contribution is -2.23. The number of aryl methyl sites for hydroxylation is 2. The topological polar surface area (TPSA) is 42.0 Å². The molecule has 0 spiro atoms. The van der Waals surface area contributed by atoms with Crippen molar-refractivity contribution in [1.82, 2.24) is 10.3 Å². The highest BCUT2D eigenvalue weighted by molar-refractivity contribution is 6.29. The first-order valence-corrected chi connectivity index (χ1v) is 7.46. The Hall–Kier alpha value is -1.87. The summed E-state index contributed by atoms with van der Waals surface area (Å²) in [4.78, 5) is 16.4. The average molecular weight is 303 g/mol. The Balaban J connectivity index is 2.06. The van der Waals surface area contributed by atoms with Crippen molar-refractivity contribution in [2.75, 3.05) is 0 Å². The first-order valence-electron chi connectivity index (χ1n) is 7.08. The second-order valence-electron chi connectivity index (χ2n) is 5.09. The van der Waals surface area contributed by atoms with Gasteiger partial charge in [0.2, 0.25) is 0 Å². The molecule has 2 rings (SSSR count). The minimum absolute atomic E-state index is 0.127. The largest absolute Gasteiger partial charge is 0.348 e. The van der Waals surface area contributed by atoms with Crippen LogP contribution in [-0.2, 0) is 13.0 Å². The number of hydrogen-bond acceptors (Lipinski definition) is 2. The molecule has 4 heteroatoms. The van der Waals surface area contributed by atoms with Crippen LogP contribution in [0.15, 0.2) is 36.4 Å². The summed E-state index contributed by atoms with van der Waals surface area (Å²) < 4.78 is 0. The minimum Gasteiger partial charge on any atom is -0.348 e. The molecule has 1 aromatic carbocycles. The summed E-state index contributed by atoms with van der Waals surface area (Å²) in [5.41, 5.74) is 3.67. The van der Waals surface area contributed by atoms with Crippen LogP contribution in [0.25, 0.3) is 0 Å². The van der Waals surface area contributed by atoms with Crippen molar-refractivity contribution in [1.29, 1.82) is 0 Å². The molecule has 0 bridgehead atoms. The number of carbonyl (C=O) groups excluding carboxylic acids is 1. The van der Waals surface area contributed by atoms with Gasteiger partial charge in [0, 0.05) is 17.8 Å². The van der Waals surface area contributed by atoms with E-state index in [0.717, 1.165) is 24.1 Å². The fourth-order valence-electron chi connectivity index (χ4n) is 2.17. The van der Waals surface area contributed by atoms with Crippen LogP contribution in [0.3, 0.4) is 0 Å². The number of hydrogen-bond donors (Lipinski definition) is 1. The fraction of sp³-hybridized carbons (Fsp3) is 0.294. The predicted octanol–water partition coefficient (Wildman–Crippen LogP) is 3.93. The Morgan fingerprint density at radius 1 is 1.29 bits per heavy atom. The maximum atomic E-state index is 12.2. The zero-order chi connectivity index (χ0) is 15.2. The smallest absolute Gasteiger partial charge is 0.251 e. The lowest BCUT2D eigenvalue weighted by Gasteiger charge is -2.08. The molecule has 0 saturated carbocycles. The molecule has 110 valence electrons. The fourth-order valence-corrected chi connectivity index (χ4v) is 2.40. The molecule has 1 heterocycles. The first kappa shape index (κ1) is 15.5. The maximum absolute atomic E-state index is 12.2. The molecular weight excluding hydrogens is 284 g/mol. The van der Waals surface area contributed by atoms with Gasteiger partial charge in [0.25, 0.3) is 5.91 Å². The van der Waals surface area contributed by atoms with Gasteiger partial charge in [-0.3, -0.25) is 4.79 Å². The highest BCUT2D eigenvalue weighted by Gasteiger charge is 2.09.